The van der Waals surface area contributed by atoms with Gasteiger partial charge in [0, 0.05) is 6.61 Å². The molecule has 2 aliphatic rings. The Kier molecular flexibility index (Phi) is 2.83. The van der Waals surface area contributed by atoms with Gasteiger partial charge in [-0.1, -0.05) is 0 Å². The Morgan fingerprint density at radius 1 is 1.31 bits per heavy atom. The van der Waals surface area contributed by atoms with Gasteiger partial charge in [-0.3, -0.25) is 0 Å². The van der Waals surface area contributed by atoms with Crippen LogP contribution in [0.5, 0.6) is 0 Å². The molecule has 0 aliphatic carbocycles. The van der Waals surface area contributed by atoms with Crippen LogP contribution in [0.3, 0.4) is 0 Å². The quantitative estimate of drug-likeness (QED) is 0.553. The van der Waals surface area contributed by atoms with Gasteiger partial charge >= 0.3 is 0 Å². The second-order valence-electron chi connectivity index (χ2n) is 3.83. The zero-order chi connectivity index (χ0) is 9.26. The van der Waals surface area contributed by atoms with Crippen LogP contribution in [0.15, 0.2) is 0 Å². The normalized spacial score (nSPS) is 35.5. The molecule has 2 heterocycles. The number of aliphatic hydroxyl groups excluding tert-OH is 2. The van der Waals surface area contributed by atoms with Crippen LogP contribution < -0.4 is 0 Å². The maximum Gasteiger partial charge on any atom is 0.107 e. The van der Waals surface area contributed by atoms with Crippen molar-refractivity contribution in [2.24, 2.45) is 5.92 Å². The third kappa shape index (κ3) is 2.64. The van der Waals surface area contributed by atoms with Gasteiger partial charge in [-0.2, -0.15) is 0 Å². The van der Waals surface area contributed by atoms with Crippen molar-refractivity contribution >= 4 is 0 Å². The Bertz CT molecular complexity index is 165. The van der Waals surface area contributed by atoms with Gasteiger partial charge < -0.3 is 19.7 Å². The van der Waals surface area contributed by atoms with Crippen LogP contribution in [0.1, 0.15) is 12.8 Å². The van der Waals surface area contributed by atoms with Crippen molar-refractivity contribution in [3.05, 3.63) is 0 Å². The van der Waals surface area contributed by atoms with E-state index in [-0.39, 0.29) is 18.6 Å². The predicted molar refractivity (Wildman–Crippen MR) is 45.3 cm³/mol. The van der Waals surface area contributed by atoms with Crippen LogP contribution >= 0.6 is 0 Å². The second kappa shape index (κ2) is 3.92. The van der Waals surface area contributed by atoms with E-state index in [4.69, 9.17) is 14.6 Å². The molecule has 2 rings (SSSR count). The van der Waals surface area contributed by atoms with Crippen molar-refractivity contribution in [3.63, 3.8) is 0 Å². The maximum atomic E-state index is 9.76. The summed E-state index contributed by atoms with van der Waals surface area (Å²) in [5, 5.41) is 18.6. The largest absolute Gasteiger partial charge is 0.396 e. The molecule has 13 heavy (non-hydrogen) atoms. The zero-order valence-electron chi connectivity index (χ0n) is 7.56. The molecule has 0 bridgehead atoms. The third-order valence-electron chi connectivity index (χ3n) is 2.69. The standard InChI is InChI=1S/C9H16O4/c10-2-1-6(3-7-4-12-7)9(11)8-5-13-8/h6-11H,1-5H2. The van der Waals surface area contributed by atoms with E-state index in [1.165, 1.54) is 0 Å². The SMILES string of the molecule is OCCC(CC1CO1)C(O)C1CO1. The molecule has 2 fully saturated rings. The van der Waals surface area contributed by atoms with Gasteiger partial charge in [-0.25, -0.2) is 0 Å². The molecule has 0 aromatic heterocycles. The number of hydrogen-bond acceptors (Lipinski definition) is 4. The van der Waals surface area contributed by atoms with E-state index in [1.54, 1.807) is 0 Å². The highest BCUT2D eigenvalue weighted by molar-refractivity contribution is 4.87. The van der Waals surface area contributed by atoms with Gasteiger partial charge in [0.1, 0.15) is 6.10 Å². The summed E-state index contributed by atoms with van der Waals surface area (Å²) in [7, 11) is 0. The number of epoxide rings is 2. The summed E-state index contributed by atoms with van der Waals surface area (Å²) in [6.07, 6.45) is 1.39. The highest BCUT2D eigenvalue weighted by Crippen LogP contribution is 2.29. The van der Waals surface area contributed by atoms with Crippen molar-refractivity contribution in [3.8, 4) is 0 Å². The van der Waals surface area contributed by atoms with Crippen LogP contribution in [0, 0.1) is 5.92 Å². The topological polar surface area (TPSA) is 65.5 Å². The lowest BCUT2D eigenvalue weighted by Gasteiger charge is -2.19. The predicted octanol–water partition coefficient (Wildman–Crippen LogP) is -0.466. The molecule has 0 saturated carbocycles. The number of rotatable bonds is 6. The summed E-state index contributed by atoms with van der Waals surface area (Å²) in [4.78, 5) is 0. The fraction of sp³-hybridized carbons (Fsp3) is 1.00. The average Bonchev–Trinajstić information content (AvgIpc) is 2.97. The Morgan fingerprint density at radius 3 is 2.46 bits per heavy atom. The lowest BCUT2D eigenvalue weighted by Crippen LogP contribution is -2.28. The molecular formula is C9H16O4. The Hall–Kier alpha value is -0.160. The average molecular weight is 188 g/mol. The van der Waals surface area contributed by atoms with E-state index in [1.807, 2.05) is 0 Å². The van der Waals surface area contributed by atoms with Crippen molar-refractivity contribution in [1.29, 1.82) is 0 Å². The van der Waals surface area contributed by atoms with Gasteiger partial charge in [0.25, 0.3) is 0 Å². The van der Waals surface area contributed by atoms with Gasteiger partial charge in [0.2, 0.25) is 0 Å². The van der Waals surface area contributed by atoms with E-state index in [2.05, 4.69) is 0 Å². The Morgan fingerprint density at radius 2 is 2.00 bits per heavy atom. The first-order chi connectivity index (χ1) is 6.31. The molecule has 2 N–H and O–H groups in total. The highest BCUT2D eigenvalue weighted by Gasteiger charge is 2.39. The first-order valence-corrected chi connectivity index (χ1v) is 4.83. The molecule has 0 radical (unpaired) electrons. The van der Waals surface area contributed by atoms with Crippen molar-refractivity contribution < 1.29 is 19.7 Å². The second-order valence-corrected chi connectivity index (χ2v) is 3.83. The summed E-state index contributed by atoms with van der Waals surface area (Å²) in [6, 6.07) is 0. The zero-order valence-corrected chi connectivity index (χ0v) is 7.56. The summed E-state index contributed by atoms with van der Waals surface area (Å²) in [6.45, 7) is 1.59. The molecule has 4 nitrogen and oxygen atoms in total. The van der Waals surface area contributed by atoms with Crippen LogP contribution in [-0.2, 0) is 9.47 Å². The molecular weight excluding hydrogens is 172 g/mol. The first-order valence-electron chi connectivity index (χ1n) is 4.83. The van der Waals surface area contributed by atoms with Gasteiger partial charge in [0.05, 0.1) is 25.4 Å². The summed E-state index contributed by atoms with van der Waals surface area (Å²) in [5.41, 5.74) is 0. The molecule has 4 heteroatoms. The number of aliphatic hydroxyl groups is 2. The smallest absolute Gasteiger partial charge is 0.107 e. The minimum absolute atomic E-state index is 0.00954. The Balaban J connectivity index is 1.78. The van der Waals surface area contributed by atoms with Gasteiger partial charge in [-0.15, -0.1) is 0 Å². The van der Waals surface area contributed by atoms with Crippen molar-refractivity contribution in [2.45, 2.75) is 31.2 Å². The van der Waals surface area contributed by atoms with Crippen molar-refractivity contribution in [2.75, 3.05) is 19.8 Å². The fourth-order valence-corrected chi connectivity index (χ4v) is 1.69. The van der Waals surface area contributed by atoms with E-state index in [0.29, 0.717) is 19.1 Å². The summed E-state index contributed by atoms with van der Waals surface area (Å²) >= 11 is 0. The molecule has 0 aromatic carbocycles. The molecule has 2 aliphatic heterocycles. The summed E-state index contributed by atoms with van der Waals surface area (Å²) < 4.78 is 10.1. The maximum absolute atomic E-state index is 9.76. The molecule has 4 unspecified atom stereocenters. The molecule has 0 aromatic rings. The number of hydrogen-bond donors (Lipinski definition) is 2. The fourth-order valence-electron chi connectivity index (χ4n) is 1.69. The Labute approximate surface area is 77.5 Å². The summed E-state index contributed by atoms with van der Waals surface area (Å²) in [5.74, 6) is 0.130. The van der Waals surface area contributed by atoms with Crippen LogP contribution in [0.25, 0.3) is 0 Å². The molecule has 0 amide bonds. The monoisotopic (exact) mass is 188 g/mol. The molecule has 2 saturated heterocycles. The lowest BCUT2D eigenvalue weighted by atomic mass is 9.92. The van der Waals surface area contributed by atoms with Crippen LogP contribution in [0.2, 0.25) is 0 Å². The van der Waals surface area contributed by atoms with E-state index < -0.39 is 6.10 Å². The third-order valence-corrected chi connectivity index (χ3v) is 2.69. The van der Waals surface area contributed by atoms with E-state index >= 15 is 0 Å². The van der Waals surface area contributed by atoms with E-state index in [9.17, 15) is 5.11 Å². The molecule has 76 valence electrons. The molecule has 0 spiro atoms. The first kappa shape index (κ1) is 9.40. The molecule has 4 atom stereocenters. The lowest BCUT2D eigenvalue weighted by molar-refractivity contribution is 0.0552. The van der Waals surface area contributed by atoms with Crippen LogP contribution in [0.4, 0.5) is 0 Å². The highest BCUT2D eigenvalue weighted by atomic mass is 16.6. The van der Waals surface area contributed by atoms with E-state index in [0.717, 1.165) is 13.0 Å². The van der Waals surface area contributed by atoms with Crippen LogP contribution in [-0.4, -0.2) is 48.3 Å². The minimum Gasteiger partial charge on any atom is -0.396 e. The van der Waals surface area contributed by atoms with Gasteiger partial charge in [0.15, 0.2) is 0 Å². The van der Waals surface area contributed by atoms with Gasteiger partial charge in [-0.05, 0) is 18.8 Å². The number of ether oxygens (including phenoxy) is 2. The minimum atomic E-state index is -0.420. The van der Waals surface area contributed by atoms with Crippen molar-refractivity contribution in [1.82, 2.24) is 0 Å².